The molecule has 1 heterocycles. The number of methoxy groups -OCH3 is 1. The third-order valence-electron chi connectivity index (χ3n) is 4.98. The summed E-state index contributed by atoms with van der Waals surface area (Å²) in [5.41, 5.74) is 2.57. The summed E-state index contributed by atoms with van der Waals surface area (Å²) in [7, 11) is 3.23. The number of benzene rings is 2. The van der Waals surface area contributed by atoms with Gasteiger partial charge in [-0.15, -0.1) is 0 Å². The molecule has 0 spiro atoms. The first-order valence-electron chi connectivity index (χ1n) is 9.89. The molecule has 30 heavy (non-hydrogen) atoms. The van der Waals surface area contributed by atoms with Gasteiger partial charge in [-0.2, -0.15) is 5.10 Å². The minimum Gasteiger partial charge on any atom is -0.497 e. The molecule has 2 aromatic carbocycles. The molecule has 1 aromatic heterocycles. The smallest absolute Gasteiger partial charge is 0.257 e. The maximum Gasteiger partial charge on any atom is 0.257 e. The van der Waals surface area contributed by atoms with Gasteiger partial charge in [0.1, 0.15) is 11.4 Å². The van der Waals surface area contributed by atoms with Gasteiger partial charge in [-0.1, -0.05) is 30.3 Å². The van der Waals surface area contributed by atoms with Crippen molar-refractivity contribution in [2.75, 3.05) is 20.7 Å². The van der Waals surface area contributed by atoms with Crippen LogP contribution >= 0.6 is 0 Å². The number of nitrogens with zero attached hydrogens (tertiary/aromatic N) is 3. The summed E-state index contributed by atoms with van der Waals surface area (Å²) < 4.78 is 7.01. The minimum atomic E-state index is -0.263. The Kier molecular flexibility index (Phi) is 5.52. The quantitative estimate of drug-likeness (QED) is 0.657. The Bertz CT molecular complexity index is 1060. The Balaban J connectivity index is 1.68. The largest absolute Gasteiger partial charge is 0.497 e. The van der Waals surface area contributed by atoms with Gasteiger partial charge in [0.25, 0.3) is 5.91 Å². The van der Waals surface area contributed by atoms with Crippen LogP contribution < -0.4 is 10.1 Å². The van der Waals surface area contributed by atoms with Crippen molar-refractivity contribution in [3.05, 3.63) is 66.4 Å². The fraction of sp³-hybridized carbons (Fsp3) is 0.261. The molecule has 1 saturated carbocycles. The van der Waals surface area contributed by atoms with Crippen LogP contribution in [0.15, 0.2) is 60.8 Å². The minimum absolute atomic E-state index is 0.00337. The number of rotatable bonds is 7. The van der Waals surface area contributed by atoms with Gasteiger partial charge in [-0.05, 0) is 37.1 Å². The summed E-state index contributed by atoms with van der Waals surface area (Å²) >= 11 is 0. The number of hydrogen-bond donors (Lipinski definition) is 1. The molecule has 0 saturated heterocycles. The second kappa shape index (κ2) is 8.41. The highest BCUT2D eigenvalue weighted by Gasteiger charge is 2.26. The maximum absolute atomic E-state index is 13.2. The summed E-state index contributed by atoms with van der Waals surface area (Å²) in [4.78, 5) is 26.8. The summed E-state index contributed by atoms with van der Waals surface area (Å²) in [5.74, 6) is 0.269. The van der Waals surface area contributed by atoms with Crippen LogP contribution in [0.3, 0.4) is 0 Å². The lowest BCUT2D eigenvalue weighted by atomic mass is 10.1. The molecular weight excluding hydrogens is 380 g/mol. The zero-order valence-corrected chi connectivity index (χ0v) is 17.0. The summed E-state index contributed by atoms with van der Waals surface area (Å²) in [5, 5.41) is 7.59. The molecule has 0 radical (unpaired) electrons. The third kappa shape index (κ3) is 4.35. The van der Waals surface area contributed by atoms with Crippen molar-refractivity contribution >= 4 is 11.8 Å². The zero-order chi connectivity index (χ0) is 21.1. The molecule has 4 rings (SSSR count). The van der Waals surface area contributed by atoms with Crippen molar-refractivity contribution in [3.63, 3.8) is 0 Å². The molecule has 2 amide bonds. The standard InChI is InChI=1S/C23H24N4O3/c1-26(15-21(28)24-17-11-12-17)23(29)20-14-27(18-8-4-3-5-9-18)25-22(20)16-7-6-10-19(13-16)30-2/h3-10,13-14,17H,11-12,15H2,1-2H3,(H,24,28). The number of para-hydroxylation sites is 1. The van der Waals surface area contributed by atoms with E-state index in [4.69, 9.17) is 4.74 Å². The number of ether oxygens (including phenoxy) is 1. The third-order valence-corrected chi connectivity index (χ3v) is 4.98. The van der Waals surface area contributed by atoms with Gasteiger partial charge in [0.05, 0.1) is 24.9 Å². The molecule has 1 N–H and O–H groups in total. The Morgan fingerprint density at radius 3 is 2.63 bits per heavy atom. The fourth-order valence-corrected chi connectivity index (χ4v) is 3.22. The molecule has 154 valence electrons. The van der Waals surface area contributed by atoms with E-state index in [1.165, 1.54) is 4.90 Å². The Hall–Kier alpha value is -3.61. The monoisotopic (exact) mass is 404 g/mol. The molecule has 1 aliphatic carbocycles. The second-order valence-corrected chi connectivity index (χ2v) is 7.41. The number of carbonyl (C=O) groups excluding carboxylic acids is 2. The lowest BCUT2D eigenvalue weighted by Gasteiger charge is -2.16. The van der Waals surface area contributed by atoms with Crippen molar-refractivity contribution in [2.24, 2.45) is 0 Å². The van der Waals surface area contributed by atoms with Crippen LogP contribution in [-0.4, -0.2) is 53.2 Å². The van der Waals surface area contributed by atoms with Crippen LogP contribution in [0.4, 0.5) is 0 Å². The zero-order valence-electron chi connectivity index (χ0n) is 17.0. The Labute approximate surface area is 175 Å². The van der Waals surface area contributed by atoms with Crippen LogP contribution in [0.5, 0.6) is 5.75 Å². The van der Waals surface area contributed by atoms with E-state index in [2.05, 4.69) is 10.4 Å². The average molecular weight is 404 g/mol. The number of amides is 2. The Morgan fingerprint density at radius 2 is 1.93 bits per heavy atom. The molecule has 0 atom stereocenters. The van der Waals surface area contributed by atoms with E-state index >= 15 is 0 Å². The SMILES string of the molecule is COc1cccc(-c2nn(-c3ccccc3)cc2C(=O)N(C)CC(=O)NC2CC2)c1. The molecule has 3 aromatic rings. The normalized spacial score (nSPS) is 13.0. The number of aromatic nitrogens is 2. The van der Waals surface area contributed by atoms with Crippen molar-refractivity contribution in [1.82, 2.24) is 20.0 Å². The van der Waals surface area contributed by atoms with E-state index in [-0.39, 0.29) is 24.4 Å². The molecule has 7 heteroatoms. The van der Waals surface area contributed by atoms with Crippen LogP contribution in [0.25, 0.3) is 16.9 Å². The fourth-order valence-electron chi connectivity index (χ4n) is 3.22. The molecule has 1 fully saturated rings. The van der Waals surface area contributed by atoms with E-state index in [1.54, 1.807) is 25.0 Å². The highest BCUT2D eigenvalue weighted by Crippen LogP contribution is 2.27. The highest BCUT2D eigenvalue weighted by molar-refractivity contribution is 6.01. The lowest BCUT2D eigenvalue weighted by Crippen LogP contribution is -2.39. The predicted octanol–water partition coefficient (Wildman–Crippen LogP) is 2.90. The van der Waals surface area contributed by atoms with Gasteiger partial charge >= 0.3 is 0 Å². The summed E-state index contributed by atoms with van der Waals surface area (Å²) in [6.45, 7) is 0.00337. The van der Waals surface area contributed by atoms with Gasteiger partial charge in [0.2, 0.25) is 5.91 Å². The van der Waals surface area contributed by atoms with Gasteiger partial charge in [-0.25, -0.2) is 4.68 Å². The number of hydrogen-bond acceptors (Lipinski definition) is 4. The average Bonchev–Trinajstić information content (AvgIpc) is 3.47. The number of carbonyl (C=O) groups is 2. The number of likely N-dealkylation sites (N-methyl/N-ethyl adjacent to an activating group) is 1. The topological polar surface area (TPSA) is 76.5 Å². The Morgan fingerprint density at radius 1 is 1.17 bits per heavy atom. The molecule has 0 bridgehead atoms. The van der Waals surface area contributed by atoms with Crippen molar-refractivity contribution < 1.29 is 14.3 Å². The van der Waals surface area contributed by atoms with Crippen LogP contribution in [-0.2, 0) is 4.79 Å². The first kappa shape index (κ1) is 19.7. The van der Waals surface area contributed by atoms with Crippen LogP contribution in [0, 0.1) is 0 Å². The van der Waals surface area contributed by atoms with E-state index < -0.39 is 0 Å². The van der Waals surface area contributed by atoms with Crippen molar-refractivity contribution in [3.8, 4) is 22.7 Å². The van der Waals surface area contributed by atoms with Gasteiger partial charge in [0, 0.05) is 24.8 Å². The summed E-state index contributed by atoms with van der Waals surface area (Å²) in [6, 6.07) is 17.3. The number of nitrogens with one attached hydrogen (secondary N) is 1. The molecule has 0 aliphatic heterocycles. The van der Waals surface area contributed by atoms with Gasteiger partial charge < -0.3 is 15.0 Å². The van der Waals surface area contributed by atoms with Gasteiger partial charge in [-0.3, -0.25) is 9.59 Å². The maximum atomic E-state index is 13.2. The first-order valence-corrected chi connectivity index (χ1v) is 9.89. The second-order valence-electron chi connectivity index (χ2n) is 7.41. The first-order chi connectivity index (χ1) is 14.5. The van der Waals surface area contributed by atoms with Gasteiger partial charge in [0.15, 0.2) is 0 Å². The van der Waals surface area contributed by atoms with E-state index in [0.29, 0.717) is 17.0 Å². The summed E-state index contributed by atoms with van der Waals surface area (Å²) in [6.07, 6.45) is 3.72. The van der Waals surface area contributed by atoms with Crippen molar-refractivity contribution in [2.45, 2.75) is 18.9 Å². The van der Waals surface area contributed by atoms with E-state index in [1.807, 2.05) is 54.6 Å². The molecule has 7 nitrogen and oxygen atoms in total. The predicted molar refractivity (Wildman–Crippen MR) is 114 cm³/mol. The lowest BCUT2D eigenvalue weighted by molar-refractivity contribution is -0.121. The molecule has 0 unspecified atom stereocenters. The van der Waals surface area contributed by atoms with Crippen LogP contribution in [0.1, 0.15) is 23.2 Å². The van der Waals surface area contributed by atoms with E-state index in [9.17, 15) is 9.59 Å². The molecule has 1 aliphatic rings. The van der Waals surface area contributed by atoms with Crippen LogP contribution in [0.2, 0.25) is 0 Å². The highest BCUT2D eigenvalue weighted by atomic mass is 16.5. The van der Waals surface area contributed by atoms with Crippen molar-refractivity contribution in [1.29, 1.82) is 0 Å². The molecular formula is C23H24N4O3. The van der Waals surface area contributed by atoms with E-state index in [0.717, 1.165) is 24.1 Å².